The fraction of sp³-hybridized carbons (Fsp3) is 0.0690. The van der Waals surface area contributed by atoms with Crippen LogP contribution in [0.4, 0.5) is 28.9 Å². The number of azo groups is 1. The zero-order chi connectivity index (χ0) is 28.8. The number of fused-ring (bicyclic) bond motifs is 1. The van der Waals surface area contributed by atoms with E-state index in [1.54, 1.807) is 18.2 Å². The Hall–Kier alpha value is -5.19. The highest BCUT2D eigenvalue weighted by molar-refractivity contribution is 6.02. The van der Waals surface area contributed by atoms with Gasteiger partial charge < -0.3 is 20.3 Å². The summed E-state index contributed by atoms with van der Waals surface area (Å²) in [5, 5.41) is 38.7. The molecule has 0 aliphatic carbocycles. The number of aromatic carboxylic acids is 1. The number of nitrogens with zero attached hydrogens (tertiary/aromatic N) is 2. The Kier molecular flexibility index (Phi) is 6.50. The summed E-state index contributed by atoms with van der Waals surface area (Å²) in [6.07, 6.45) is -4.62. The van der Waals surface area contributed by atoms with Crippen molar-refractivity contribution in [1.29, 1.82) is 0 Å². The van der Waals surface area contributed by atoms with Crippen molar-refractivity contribution in [3.05, 3.63) is 95.3 Å². The number of carboxylic acid groups (broad SMARTS) is 1. The summed E-state index contributed by atoms with van der Waals surface area (Å²) in [6, 6.07) is 16.1. The van der Waals surface area contributed by atoms with Gasteiger partial charge in [-0.25, -0.2) is 9.18 Å². The molecule has 0 saturated heterocycles. The van der Waals surface area contributed by atoms with Crippen LogP contribution in [0.3, 0.4) is 0 Å². The molecule has 5 aromatic rings. The molecule has 0 radical (unpaired) electrons. The average molecular weight is 549 g/mol. The van der Waals surface area contributed by atoms with Gasteiger partial charge >= 0.3 is 12.1 Å². The lowest BCUT2D eigenvalue weighted by Gasteiger charge is -2.13. The second-order valence-electron chi connectivity index (χ2n) is 8.98. The number of alkyl halides is 3. The molecular formula is C29H19F4N3O4. The fourth-order valence-corrected chi connectivity index (χ4v) is 4.43. The van der Waals surface area contributed by atoms with Crippen LogP contribution in [0, 0.1) is 12.7 Å². The third-order valence-electron chi connectivity index (χ3n) is 6.37. The summed E-state index contributed by atoms with van der Waals surface area (Å²) in [6.45, 7) is 1.32. The van der Waals surface area contributed by atoms with Crippen LogP contribution >= 0.6 is 0 Å². The number of carbonyl (C=O) groups is 1. The molecule has 0 aliphatic rings. The van der Waals surface area contributed by atoms with Crippen LogP contribution in [0.15, 0.2) is 83.0 Å². The molecule has 11 heteroatoms. The number of aromatic nitrogens is 1. The Bertz CT molecular complexity index is 1830. The van der Waals surface area contributed by atoms with Crippen molar-refractivity contribution in [2.45, 2.75) is 13.1 Å². The van der Waals surface area contributed by atoms with Crippen LogP contribution < -0.4 is 0 Å². The zero-order valence-corrected chi connectivity index (χ0v) is 20.6. The lowest BCUT2D eigenvalue weighted by Crippen LogP contribution is -2.07. The highest BCUT2D eigenvalue weighted by atomic mass is 19.4. The molecule has 0 saturated carbocycles. The normalized spacial score (nSPS) is 11.9. The molecule has 1 aromatic heterocycles. The quantitative estimate of drug-likeness (QED) is 0.130. The number of rotatable bonds is 5. The second kappa shape index (κ2) is 9.84. The minimum atomic E-state index is -4.62. The van der Waals surface area contributed by atoms with E-state index in [4.69, 9.17) is 0 Å². The van der Waals surface area contributed by atoms with Crippen LogP contribution in [0.1, 0.15) is 21.5 Å². The Balaban J connectivity index is 1.59. The molecular weight excluding hydrogens is 530 g/mol. The predicted molar refractivity (Wildman–Crippen MR) is 140 cm³/mol. The first kappa shape index (κ1) is 26.4. The van der Waals surface area contributed by atoms with Gasteiger partial charge in [-0.15, -0.1) is 10.2 Å². The van der Waals surface area contributed by atoms with E-state index in [1.807, 2.05) is 0 Å². The van der Waals surface area contributed by atoms with Crippen molar-refractivity contribution in [3.8, 4) is 33.9 Å². The molecule has 202 valence electrons. The summed E-state index contributed by atoms with van der Waals surface area (Å²) in [7, 11) is 0. The van der Waals surface area contributed by atoms with Gasteiger partial charge in [-0.1, -0.05) is 36.4 Å². The van der Waals surface area contributed by atoms with E-state index in [0.29, 0.717) is 5.56 Å². The van der Waals surface area contributed by atoms with E-state index in [1.165, 1.54) is 43.3 Å². The number of carboxylic acids is 1. The third kappa shape index (κ3) is 4.84. The molecule has 0 unspecified atom stereocenters. The Morgan fingerprint density at radius 2 is 1.60 bits per heavy atom. The van der Waals surface area contributed by atoms with Crippen molar-refractivity contribution in [2.24, 2.45) is 10.2 Å². The lowest BCUT2D eigenvalue weighted by molar-refractivity contribution is -0.138. The largest absolute Gasteiger partial charge is 0.505 e. The summed E-state index contributed by atoms with van der Waals surface area (Å²) >= 11 is 0. The number of halogens is 4. The lowest BCUT2D eigenvalue weighted by atomic mass is 9.97. The summed E-state index contributed by atoms with van der Waals surface area (Å²) in [4.78, 5) is 14.0. The molecule has 0 spiro atoms. The van der Waals surface area contributed by atoms with Crippen LogP contribution in [0.2, 0.25) is 0 Å². The first-order chi connectivity index (χ1) is 18.9. The minimum Gasteiger partial charge on any atom is -0.505 e. The van der Waals surface area contributed by atoms with Gasteiger partial charge in [0.05, 0.1) is 16.6 Å². The second-order valence-corrected chi connectivity index (χ2v) is 8.98. The molecule has 7 nitrogen and oxygen atoms in total. The number of aromatic amines is 1. The fourth-order valence-electron chi connectivity index (χ4n) is 4.43. The van der Waals surface area contributed by atoms with Gasteiger partial charge in [0.25, 0.3) is 0 Å². The van der Waals surface area contributed by atoms with E-state index in [2.05, 4.69) is 15.2 Å². The van der Waals surface area contributed by atoms with Crippen molar-refractivity contribution in [2.75, 3.05) is 0 Å². The first-order valence-electron chi connectivity index (χ1n) is 11.7. The van der Waals surface area contributed by atoms with Gasteiger partial charge in [0.15, 0.2) is 11.4 Å². The van der Waals surface area contributed by atoms with E-state index in [9.17, 15) is 37.7 Å². The molecule has 5 rings (SSSR count). The topological polar surface area (TPSA) is 118 Å². The number of hydrogen-bond donors (Lipinski definition) is 4. The van der Waals surface area contributed by atoms with Crippen molar-refractivity contribution < 1.29 is 37.7 Å². The molecule has 0 amide bonds. The number of H-pyrrole nitrogens is 1. The number of aromatic hydroxyl groups is 2. The van der Waals surface area contributed by atoms with E-state index >= 15 is 0 Å². The monoisotopic (exact) mass is 549 g/mol. The Morgan fingerprint density at radius 3 is 2.33 bits per heavy atom. The van der Waals surface area contributed by atoms with Crippen molar-refractivity contribution in [1.82, 2.24) is 4.98 Å². The Labute approximate surface area is 223 Å². The van der Waals surface area contributed by atoms with Gasteiger partial charge in [-0.3, -0.25) is 0 Å². The molecule has 4 aromatic carbocycles. The number of phenolic OH excluding ortho intramolecular Hbond substituents is 1. The Morgan fingerprint density at radius 1 is 0.875 bits per heavy atom. The number of nitrogens with one attached hydrogen (secondary N) is 1. The molecule has 1 heterocycles. The predicted octanol–water partition coefficient (Wildman–Crippen LogP) is 8.49. The van der Waals surface area contributed by atoms with E-state index in [0.717, 1.165) is 18.2 Å². The minimum absolute atomic E-state index is 0.00411. The summed E-state index contributed by atoms with van der Waals surface area (Å²) in [5.41, 5.74) is -0.125. The van der Waals surface area contributed by atoms with Gasteiger partial charge in [-0.05, 0) is 60.0 Å². The maximum absolute atomic E-state index is 14.7. The van der Waals surface area contributed by atoms with Crippen LogP contribution in [0.25, 0.3) is 33.2 Å². The van der Waals surface area contributed by atoms with Crippen LogP contribution in [-0.2, 0) is 6.18 Å². The van der Waals surface area contributed by atoms with Gasteiger partial charge in [0.2, 0.25) is 5.88 Å². The SMILES string of the molecule is Cc1ccc(-c2cc(F)cc3c(N=Nc4cccc(-c5cccc(C(=O)O)c5)c4O)c(O)[nH]c23)cc1C(F)(F)F. The maximum atomic E-state index is 14.7. The molecule has 0 bridgehead atoms. The number of para-hydroxylation sites is 1. The molecule has 0 fully saturated rings. The van der Waals surface area contributed by atoms with Gasteiger partial charge in [-0.2, -0.15) is 13.2 Å². The molecule has 4 N–H and O–H groups in total. The van der Waals surface area contributed by atoms with E-state index in [-0.39, 0.29) is 55.8 Å². The number of hydrogen-bond acceptors (Lipinski definition) is 5. The molecule has 40 heavy (non-hydrogen) atoms. The smallest absolute Gasteiger partial charge is 0.416 e. The maximum Gasteiger partial charge on any atom is 0.416 e. The summed E-state index contributed by atoms with van der Waals surface area (Å²) < 4.78 is 55.2. The molecule has 0 aliphatic heterocycles. The van der Waals surface area contributed by atoms with Gasteiger partial charge in [0.1, 0.15) is 11.5 Å². The zero-order valence-electron chi connectivity index (χ0n) is 20.6. The van der Waals surface area contributed by atoms with E-state index < -0.39 is 29.4 Å². The van der Waals surface area contributed by atoms with Crippen LogP contribution in [0.5, 0.6) is 11.6 Å². The molecule has 0 atom stereocenters. The van der Waals surface area contributed by atoms with Crippen molar-refractivity contribution >= 4 is 28.2 Å². The average Bonchev–Trinajstić information content (AvgIpc) is 3.22. The number of phenols is 1. The third-order valence-corrected chi connectivity index (χ3v) is 6.37. The summed E-state index contributed by atoms with van der Waals surface area (Å²) in [5.74, 6) is -2.76. The standard InChI is InChI=1S/C29H19F4N3O4/c1-14-8-9-16(11-22(14)29(31,32)33)20-12-18(30)13-21-24(20)34-27(38)25(21)36-35-23-7-3-6-19(26(23)37)15-4-2-5-17(10-15)28(39)40/h2-13,34,37-38H,1H3,(H,39,40). The highest BCUT2D eigenvalue weighted by Crippen LogP contribution is 2.44. The number of aryl methyl sites for hydroxylation is 1. The first-order valence-corrected chi connectivity index (χ1v) is 11.7. The highest BCUT2D eigenvalue weighted by Gasteiger charge is 2.32. The number of benzene rings is 4. The van der Waals surface area contributed by atoms with Crippen LogP contribution in [-0.4, -0.2) is 26.3 Å². The van der Waals surface area contributed by atoms with Gasteiger partial charge in [0, 0.05) is 16.5 Å². The van der Waals surface area contributed by atoms with Crippen molar-refractivity contribution in [3.63, 3.8) is 0 Å².